The van der Waals surface area contributed by atoms with Gasteiger partial charge in [-0.15, -0.1) is 0 Å². The number of imidazole rings is 1. The Morgan fingerprint density at radius 1 is 1.00 bits per heavy atom. The summed E-state index contributed by atoms with van der Waals surface area (Å²) < 4.78 is 1.80. The summed E-state index contributed by atoms with van der Waals surface area (Å²) in [4.78, 5) is 26.4. The Kier molecular flexibility index (Phi) is 4.72. The summed E-state index contributed by atoms with van der Waals surface area (Å²) in [6.45, 7) is 2.04. The van der Waals surface area contributed by atoms with Crippen LogP contribution in [0.4, 0.5) is 5.69 Å². The van der Waals surface area contributed by atoms with Gasteiger partial charge in [0.15, 0.2) is 0 Å². The maximum atomic E-state index is 13.2. The Hall–Kier alpha value is -4.32. The molecule has 3 aromatic heterocycles. The standard InChI is InChI=1S/C25H19N5O/c1-17-6-8-18(9-7-17)23-14-21(20-4-2-3-5-22(20)29-23)25(31)28-19-10-11-24(27-15-19)30-13-12-26-16-30/h2-16H,1H3,(H,28,31). The molecule has 1 amide bonds. The van der Waals surface area contributed by atoms with E-state index in [1.165, 1.54) is 5.56 Å². The predicted molar refractivity (Wildman–Crippen MR) is 121 cm³/mol. The zero-order valence-corrected chi connectivity index (χ0v) is 16.9. The van der Waals surface area contributed by atoms with Crippen LogP contribution in [0.3, 0.4) is 0 Å². The molecule has 31 heavy (non-hydrogen) atoms. The summed E-state index contributed by atoms with van der Waals surface area (Å²) >= 11 is 0. The highest BCUT2D eigenvalue weighted by Gasteiger charge is 2.14. The molecule has 5 rings (SSSR count). The summed E-state index contributed by atoms with van der Waals surface area (Å²) in [5, 5.41) is 3.76. The number of rotatable bonds is 4. The number of anilines is 1. The molecule has 0 aliphatic heterocycles. The molecule has 0 bridgehead atoms. The third kappa shape index (κ3) is 3.79. The Bertz CT molecular complexity index is 1360. The van der Waals surface area contributed by atoms with E-state index < -0.39 is 0 Å². The summed E-state index contributed by atoms with van der Waals surface area (Å²) in [6.07, 6.45) is 6.82. The zero-order chi connectivity index (χ0) is 21.2. The molecule has 3 heterocycles. The van der Waals surface area contributed by atoms with Crippen LogP contribution in [-0.4, -0.2) is 25.4 Å². The van der Waals surface area contributed by atoms with E-state index in [4.69, 9.17) is 4.98 Å². The molecule has 0 atom stereocenters. The van der Waals surface area contributed by atoms with Crippen molar-refractivity contribution in [2.24, 2.45) is 0 Å². The molecule has 0 unspecified atom stereocenters. The first-order valence-electron chi connectivity index (χ1n) is 9.90. The van der Waals surface area contributed by atoms with Gasteiger partial charge in [-0.3, -0.25) is 9.36 Å². The minimum absolute atomic E-state index is 0.204. The van der Waals surface area contributed by atoms with Gasteiger partial charge in [0.25, 0.3) is 5.91 Å². The van der Waals surface area contributed by atoms with Gasteiger partial charge in [-0.2, -0.15) is 0 Å². The molecule has 0 saturated carbocycles. The second-order valence-electron chi connectivity index (χ2n) is 7.27. The molecule has 2 aromatic carbocycles. The molecular weight excluding hydrogens is 386 g/mol. The summed E-state index contributed by atoms with van der Waals surface area (Å²) in [6, 6.07) is 21.3. The molecule has 6 heteroatoms. The lowest BCUT2D eigenvalue weighted by atomic mass is 10.0. The highest BCUT2D eigenvalue weighted by atomic mass is 16.1. The minimum atomic E-state index is -0.204. The molecule has 0 aliphatic rings. The van der Waals surface area contributed by atoms with Crippen LogP contribution in [0, 0.1) is 6.92 Å². The Balaban J connectivity index is 1.49. The van der Waals surface area contributed by atoms with E-state index in [0.717, 1.165) is 28.0 Å². The van der Waals surface area contributed by atoms with Crippen LogP contribution in [0.2, 0.25) is 0 Å². The quantitative estimate of drug-likeness (QED) is 0.454. The van der Waals surface area contributed by atoms with E-state index >= 15 is 0 Å². The monoisotopic (exact) mass is 405 g/mol. The van der Waals surface area contributed by atoms with E-state index in [1.54, 1.807) is 23.3 Å². The van der Waals surface area contributed by atoms with Crippen molar-refractivity contribution in [3.05, 3.63) is 103 Å². The fourth-order valence-electron chi connectivity index (χ4n) is 3.44. The van der Waals surface area contributed by atoms with Crippen LogP contribution >= 0.6 is 0 Å². The number of hydrogen-bond acceptors (Lipinski definition) is 4. The van der Waals surface area contributed by atoms with E-state index in [2.05, 4.69) is 15.3 Å². The number of nitrogens with zero attached hydrogens (tertiary/aromatic N) is 4. The van der Waals surface area contributed by atoms with Crippen molar-refractivity contribution in [3.8, 4) is 17.1 Å². The van der Waals surface area contributed by atoms with Crippen molar-refractivity contribution in [2.45, 2.75) is 6.92 Å². The van der Waals surface area contributed by atoms with Crippen LogP contribution in [0.1, 0.15) is 15.9 Å². The highest BCUT2D eigenvalue weighted by Crippen LogP contribution is 2.26. The molecular formula is C25H19N5O. The molecule has 0 spiro atoms. The summed E-state index contributed by atoms with van der Waals surface area (Å²) in [5.41, 5.74) is 4.87. The largest absolute Gasteiger partial charge is 0.321 e. The number of para-hydroxylation sites is 1. The maximum Gasteiger partial charge on any atom is 0.256 e. The Morgan fingerprint density at radius 2 is 1.84 bits per heavy atom. The number of aryl methyl sites for hydroxylation is 1. The molecule has 5 aromatic rings. The van der Waals surface area contributed by atoms with Gasteiger partial charge in [0.05, 0.1) is 28.7 Å². The van der Waals surface area contributed by atoms with E-state index in [1.807, 2.05) is 79.9 Å². The van der Waals surface area contributed by atoms with Gasteiger partial charge >= 0.3 is 0 Å². The SMILES string of the molecule is Cc1ccc(-c2cc(C(=O)Nc3ccc(-n4ccnc4)nc3)c3ccccc3n2)cc1. The normalized spacial score (nSPS) is 10.9. The number of amides is 1. The van der Waals surface area contributed by atoms with Gasteiger partial charge in [-0.1, -0.05) is 48.0 Å². The average Bonchev–Trinajstić information content (AvgIpc) is 3.34. The third-order valence-corrected chi connectivity index (χ3v) is 5.08. The third-order valence-electron chi connectivity index (χ3n) is 5.08. The van der Waals surface area contributed by atoms with Gasteiger partial charge < -0.3 is 5.32 Å². The van der Waals surface area contributed by atoms with Crippen molar-refractivity contribution in [2.75, 3.05) is 5.32 Å². The summed E-state index contributed by atoms with van der Waals surface area (Å²) in [5.74, 6) is 0.524. The van der Waals surface area contributed by atoms with Crippen molar-refractivity contribution < 1.29 is 4.79 Å². The number of carbonyl (C=O) groups excluding carboxylic acids is 1. The minimum Gasteiger partial charge on any atom is -0.321 e. The molecule has 0 fully saturated rings. The van der Waals surface area contributed by atoms with Gasteiger partial charge in [-0.05, 0) is 31.2 Å². The number of fused-ring (bicyclic) bond motifs is 1. The molecule has 6 nitrogen and oxygen atoms in total. The lowest BCUT2D eigenvalue weighted by Gasteiger charge is -2.11. The first kappa shape index (κ1) is 18.7. The van der Waals surface area contributed by atoms with Crippen molar-refractivity contribution in [1.82, 2.24) is 19.5 Å². The Labute approximate surface area is 179 Å². The van der Waals surface area contributed by atoms with Gasteiger partial charge in [-0.25, -0.2) is 15.0 Å². The number of nitrogens with one attached hydrogen (secondary N) is 1. The van der Waals surface area contributed by atoms with Crippen LogP contribution in [0.5, 0.6) is 0 Å². The van der Waals surface area contributed by atoms with Crippen LogP contribution in [-0.2, 0) is 0 Å². The molecule has 150 valence electrons. The first-order chi connectivity index (χ1) is 15.2. The predicted octanol–water partition coefficient (Wildman–Crippen LogP) is 5.04. The molecule has 0 aliphatic carbocycles. The van der Waals surface area contributed by atoms with E-state index in [-0.39, 0.29) is 5.91 Å². The number of pyridine rings is 2. The fourth-order valence-corrected chi connectivity index (χ4v) is 3.44. The van der Waals surface area contributed by atoms with Gasteiger partial charge in [0, 0.05) is 23.3 Å². The summed E-state index contributed by atoms with van der Waals surface area (Å²) in [7, 11) is 0. The Morgan fingerprint density at radius 3 is 2.58 bits per heavy atom. The molecule has 0 radical (unpaired) electrons. The number of hydrogen-bond donors (Lipinski definition) is 1. The van der Waals surface area contributed by atoms with Crippen LogP contribution in [0.25, 0.3) is 28.0 Å². The molecule has 1 N–H and O–H groups in total. The lowest BCUT2D eigenvalue weighted by molar-refractivity contribution is 0.102. The van der Waals surface area contributed by atoms with Crippen molar-refractivity contribution in [1.29, 1.82) is 0 Å². The van der Waals surface area contributed by atoms with Gasteiger partial charge in [0.2, 0.25) is 0 Å². The smallest absolute Gasteiger partial charge is 0.256 e. The number of benzene rings is 2. The van der Waals surface area contributed by atoms with Crippen molar-refractivity contribution in [3.63, 3.8) is 0 Å². The van der Waals surface area contributed by atoms with Crippen molar-refractivity contribution >= 4 is 22.5 Å². The average molecular weight is 405 g/mol. The van der Waals surface area contributed by atoms with E-state index in [9.17, 15) is 4.79 Å². The van der Waals surface area contributed by atoms with Crippen LogP contribution in [0.15, 0.2) is 91.6 Å². The maximum absolute atomic E-state index is 13.2. The second-order valence-corrected chi connectivity index (χ2v) is 7.27. The second kappa shape index (κ2) is 7.84. The lowest BCUT2D eigenvalue weighted by Crippen LogP contribution is -2.13. The number of carbonyl (C=O) groups is 1. The topological polar surface area (TPSA) is 72.7 Å². The van der Waals surface area contributed by atoms with Crippen LogP contribution < -0.4 is 5.32 Å². The zero-order valence-electron chi connectivity index (χ0n) is 16.9. The van der Waals surface area contributed by atoms with Gasteiger partial charge in [0.1, 0.15) is 12.1 Å². The first-order valence-corrected chi connectivity index (χ1v) is 9.90. The highest BCUT2D eigenvalue weighted by molar-refractivity contribution is 6.13. The number of aromatic nitrogens is 4. The molecule has 0 saturated heterocycles. The fraction of sp³-hybridized carbons (Fsp3) is 0.0400. The van der Waals surface area contributed by atoms with E-state index in [0.29, 0.717) is 11.3 Å².